The van der Waals surface area contributed by atoms with Crippen LogP contribution in [0.2, 0.25) is 0 Å². The van der Waals surface area contributed by atoms with Crippen molar-refractivity contribution in [3.05, 3.63) is 24.3 Å². The molecule has 1 amide bonds. The molecule has 0 aromatic heterocycles. The Morgan fingerprint density at radius 1 is 1.39 bits per heavy atom. The van der Waals surface area contributed by atoms with Gasteiger partial charge in [-0.3, -0.25) is 4.79 Å². The second-order valence-corrected chi connectivity index (χ2v) is 5.23. The van der Waals surface area contributed by atoms with Crippen LogP contribution in [0, 0.1) is 0 Å². The summed E-state index contributed by atoms with van der Waals surface area (Å²) in [6, 6.07) is 5.56. The van der Waals surface area contributed by atoms with Gasteiger partial charge in [0, 0.05) is 6.54 Å². The number of hydrogen-bond donors (Lipinski definition) is 2. The standard InChI is InChI=1S/C11H16N2O4S/c1-3-13-11(14)8(2)17-9-4-6-10(7-5-9)18(12,15)16/h4-8H,3H2,1-2H3,(H,13,14)(H2,12,15,16). The number of hydrogen-bond acceptors (Lipinski definition) is 4. The van der Waals surface area contributed by atoms with Gasteiger partial charge in [0.05, 0.1) is 4.90 Å². The summed E-state index contributed by atoms with van der Waals surface area (Å²) in [6.07, 6.45) is -0.648. The van der Waals surface area contributed by atoms with Crippen molar-refractivity contribution in [3.8, 4) is 5.75 Å². The van der Waals surface area contributed by atoms with Crippen molar-refractivity contribution in [1.82, 2.24) is 5.32 Å². The average molecular weight is 272 g/mol. The smallest absolute Gasteiger partial charge is 0.260 e. The van der Waals surface area contributed by atoms with E-state index >= 15 is 0 Å². The van der Waals surface area contributed by atoms with E-state index in [9.17, 15) is 13.2 Å². The molecule has 1 aromatic rings. The Morgan fingerprint density at radius 3 is 2.39 bits per heavy atom. The Morgan fingerprint density at radius 2 is 1.94 bits per heavy atom. The number of sulfonamides is 1. The van der Waals surface area contributed by atoms with Gasteiger partial charge in [0.2, 0.25) is 10.0 Å². The number of nitrogens with two attached hydrogens (primary N) is 1. The van der Waals surface area contributed by atoms with E-state index in [0.717, 1.165) is 0 Å². The summed E-state index contributed by atoms with van der Waals surface area (Å²) in [5, 5.41) is 7.58. The summed E-state index contributed by atoms with van der Waals surface area (Å²) in [5.74, 6) is 0.175. The molecule has 0 saturated heterocycles. The van der Waals surface area contributed by atoms with Crippen LogP contribution in [-0.4, -0.2) is 27.0 Å². The minimum atomic E-state index is -3.71. The first-order valence-electron chi connectivity index (χ1n) is 5.42. The van der Waals surface area contributed by atoms with Gasteiger partial charge >= 0.3 is 0 Å². The number of amides is 1. The number of benzene rings is 1. The van der Waals surface area contributed by atoms with Gasteiger partial charge in [0.25, 0.3) is 5.91 Å². The molecule has 18 heavy (non-hydrogen) atoms. The van der Waals surface area contributed by atoms with Crippen molar-refractivity contribution < 1.29 is 17.9 Å². The molecule has 0 aliphatic heterocycles. The van der Waals surface area contributed by atoms with Gasteiger partial charge in [-0.15, -0.1) is 0 Å². The molecule has 0 radical (unpaired) electrons. The molecule has 0 fully saturated rings. The summed E-state index contributed by atoms with van der Waals surface area (Å²) in [4.78, 5) is 11.4. The Bertz CT molecular complexity index is 510. The van der Waals surface area contributed by atoms with Gasteiger partial charge < -0.3 is 10.1 Å². The lowest BCUT2D eigenvalue weighted by Crippen LogP contribution is -2.36. The summed E-state index contributed by atoms with van der Waals surface area (Å²) in [7, 11) is -3.71. The third-order valence-electron chi connectivity index (χ3n) is 2.19. The molecule has 1 aromatic carbocycles. The molecule has 100 valence electrons. The second kappa shape index (κ2) is 5.83. The lowest BCUT2D eigenvalue weighted by Gasteiger charge is -2.14. The molecule has 0 saturated carbocycles. The van der Waals surface area contributed by atoms with E-state index in [-0.39, 0.29) is 10.8 Å². The monoisotopic (exact) mass is 272 g/mol. The maximum absolute atomic E-state index is 11.4. The van der Waals surface area contributed by atoms with Crippen LogP contribution in [0.4, 0.5) is 0 Å². The Kier molecular flexibility index (Phi) is 4.69. The molecular formula is C11H16N2O4S. The summed E-state index contributed by atoms with van der Waals surface area (Å²) in [6.45, 7) is 3.95. The van der Waals surface area contributed by atoms with Crippen molar-refractivity contribution >= 4 is 15.9 Å². The molecule has 1 atom stereocenters. The van der Waals surface area contributed by atoms with Crippen molar-refractivity contribution in [2.45, 2.75) is 24.8 Å². The molecule has 7 heteroatoms. The number of carbonyl (C=O) groups excluding carboxylic acids is 1. The van der Waals surface area contributed by atoms with Crippen LogP contribution in [0.5, 0.6) is 5.75 Å². The molecule has 0 spiro atoms. The lowest BCUT2D eigenvalue weighted by atomic mass is 10.3. The first-order chi connectivity index (χ1) is 8.34. The third-order valence-corrected chi connectivity index (χ3v) is 3.11. The molecule has 1 unspecified atom stereocenters. The van der Waals surface area contributed by atoms with E-state index in [2.05, 4.69) is 5.32 Å². The van der Waals surface area contributed by atoms with Gasteiger partial charge in [0.15, 0.2) is 6.10 Å². The van der Waals surface area contributed by atoms with Gasteiger partial charge in [-0.1, -0.05) is 0 Å². The van der Waals surface area contributed by atoms with E-state index < -0.39 is 16.1 Å². The van der Waals surface area contributed by atoms with Crippen LogP contribution in [-0.2, 0) is 14.8 Å². The van der Waals surface area contributed by atoms with Crippen LogP contribution in [0.3, 0.4) is 0 Å². The quantitative estimate of drug-likeness (QED) is 0.802. The van der Waals surface area contributed by atoms with Crippen LogP contribution < -0.4 is 15.2 Å². The van der Waals surface area contributed by atoms with E-state index in [0.29, 0.717) is 12.3 Å². The predicted molar refractivity (Wildman–Crippen MR) is 66.6 cm³/mol. The first-order valence-corrected chi connectivity index (χ1v) is 6.96. The fourth-order valence-electron chi connectivity index (χ4n) is 1.28. The first kappa shape index (κ1) is 14.5. The average Bonchev–Trinajstić information content (AvgIpc) is 2.28. The zero-order valence-corrected chi connectivity index (χ0v) is 11.0. The molecule has 3 N–H and O–H groups in total. The van der Waals surface area contributed by atoms with Gasteiger partial charge in [0.1, 0.15) is 5.75 Å². The van der Waals surface area contributed by atoms with E-state index in [4.69, 9.17) is 9.88 Å². The van der Waals surface area contributed by atoms with E-state index in [1.165, 1.54) is 24.3 Å². The molecule has 0 heterocycles. The third kappa shape index (κ3) is 4.01. The molecule has 0 bridgehead atoms. The fourth-order valence-corrected chi connectivity index (χ4v) is 1.80. The van der Waals surface area contributed by atoms with Crippen LogP contribution in [0.15, 0.2) is 29.2 Å². The minimum Gasteiger partial charge on any atom is -0.481 e. The number of primary sulfonamides is 1. The highest BCUT2D eigenvalue weighted by molar-refractivity contribution is 7.89. The maximum Gasteiger partial charge on any atom is 0.260 e. The fraction of sp³-hybridized carbons (Fsp3) is 0.364. The van der Waals surface area contributed by atoms with Crippen molar-refractivity contribution in [2.75, 3.05) is 6.54 Å². The highest BCUT2D eigenvalue weighted by Crippen LogP contribution is 2.16. The topological polar surface area (TPSA) is 98.5 Å². The maximum atomic E-state index is 11.4. The van der Waals surface area contributed by atoms with Crippen LogP contribution >= 0.6 is 0 Å². The summed E-state index contributed by atoms with van der Waals surface area (Å²) in [5.41, 5.74) is 0. The predicted octanol–water partition coefficient (Wildman–Crippen LogP) is 0.237. The largest absolute Gasteiger partial charge is 0.481 e. The molecule has 1 rings (SSSR count). The van der Waals surface area contributed by atoms with Crippen LogP contribution in [0.1, 0.15) is 13.8 Å². The van der Waals surface area contributed by atoms with Gasteiger partial charge in [-0.05, 0) is 38.1 Å². The van der Waals surface area contributed by atoms with E-state index in [1.807, 2.05) is 6.92 Å². The minimum absolute atomic E-state index is 0.000475. The number of ether oxygens (including phenoxy) is 1. The SMILES string of the molecule is CCNC(=O)C(C)Oc1ccc(S(N)(=O)=O)cc1. The normalized spacial score (nSPS) is 12.8. The second-order valence-electron chi connectivity index (χ2n) is 3.67. The number of rotatable bonds is 5. The van der Waals surface area contributed by atoms with Gasteiger partial charge in [-0.2, -0.15) is 0 Å². The van der Waals surface area contributed by atoms with Gasteiger partial charge in [-0.25, -0.2) is 13.6 Å². The Hall–Kier alpha value is -1.60. The Balaban J connectivity index is 2.73. The summed E-state index contributed by atoms with van der Waals surface area (Å²) >= 11 is 0. The molecule has 6 nitrogen and oxygen atoms in total. The number of nitrogens with one attached hydrogen (secondary N) is 1. The van der Waals surface area contributed by atoms with Crippen molar-refractivity contribution in [1.29, 1.82) is 0 Å². The lowest BCUT2D eigenvalue weighted by molar-refractivity contribution is -0.127. The van der Waals surface area contributed by atoms with Crippen LogP contribution in [0.25, 0.3) is 0 Å². The van der Waals surface area contributed by atoms with E-state index in [1.54, 1.807) is 6.92 Å². The number of likely N-dealkylation sites (N-methyl/N-ethyl adjacent to an activating group) is 1. The highest BCUT2D eigenvalue weighted by atomic mass is 32.2. The summed E-state index contributed by atoms with van der Waals surface area (Å²) < 4.78 is 27.4. The van der Waals surface area contributed by atoms with Crippen molar-refractivity contribution in [2.24, 2.45) is 5.14 Å². The molecule has 0 aliphatic carbocycles. The zero-order valence-electron chi connectivity index (χ0n) is 10.2. The molecule has 0 aliphatic rings. The molecular weight excluding hydrogens is 256 g/mol. The zero-order chi connectivity index (χ0) is 13.8. The highest BCUT2D eigenvalue weighted by Gasteiger charge is 2.14. The number of carbonyl (C=O) groups is 1. The van der Waals surface area contributed by atoms with Crippen molar-refractivity contribution in [3.63, 3.8) is 0 Å². The Labute approximate surface area is 106 Å².